The van der Waals surface area contributed by atoms with Gasteiger partial charge in [0.25, 0.3) is 0 Å². The minimum atomic E-state index is -0.483. The lowest BCUT2D eigenvalue weighted by Crippen LogP contribution is -2.44. The van der Waals surface area contributed by atoms with Crippen LogP contribution in [0.4, 0.5) is 0 Å². The SMILES string of the molecule is CCO[C@]1(C)CC[C@H]2[C@H]1[C@@H]1[C@H](CC[C@]2(C)O)C1(C)C. The van der Waals surface area contributed by atoms with E-state index >= 15 is 0 Å². The second kappa shape index (κ2) is 3.98. The summed E-state index contributed by atoms with van der Waals surface area (Å²) in [6.07, 6.45) is 4.42. The lowest BCUT2D eigenvalue weighted by Gasteiger charge is -2.40. The molecule has 110 valence electrons. The minimum absolute atomic E-state index is 0.00949. The van der Waals surface area contributed by atoms with Crippen LogP contribution in [0.25, 0.3) is 0 Å². The number of hydrogen-bond acceptors (Lipinski definition) is 2. The van der Waals surface area contributed by atoms with E-state index in [0.717, 1.165) is 37.7 Å². The Kier molecular flexibility index (Phi) is 2.91. The van der Waals surface area contributed by atoms with E-state index in [1.165, 1.54) is 6.42 Å². The van der Waals surface area contributed by atoms with Gasteiger partial charge in [-0.25, -0.2) is 0 Å². The summed E-state index contributed by atoms with van der Waals surface area (Å²) in [5.74, 6) is 2.53. The van der Waals surface area contributed by atoms with Gasteiger partial charge in [-0.1, -0.05) is 13.8 Å². The van der Waals surface area contributed by atoms with Crippen LogP contribution in [-0.2, 0) is 4.74 Å². The Hall–Kier alpha value is -0.0800. The Morgan fingerprint density at radius 3 is 2.26 bits per heavy atom. The van der Waals surface area contributed by atoms with Crippen molar-refractivity contribution < 1.29 is 9.84 Å². The third-order valence-corrected chi connectivity index (χ3v) is 6.85. The summed E-state index contributed by atoms with van der Waals surface area (Å²) in [5.41, 5.74) is -0.0322. The van der Waals surface area contributed by atoms with Crippen molar-refractivity contribution in [3.63, 3.8) is 0 Å². The summed E-state index contributed by atoms with van der Waals surface area (Å²) in [7, 11) is 0. The van der Waals surface area contributed by atoms with E-state index in [1.54, 1.807) is 0 Å². The molecular formula is C17H30O2. The van der Waals surface area contributed by atoms with Gasteiger partial charge >= 0.3 is 0 Å². The van der Waals surface area contributed by atoms with Gasteiger partial charge in [-0.15, -0.1) is 0 Å². The predicted molar refractivity (Wildman–Crippen MR) is 76.9 cm³/mol. The van der Waals surface area contributed by atoms with E-state index in [9.17, 15) is 5.11 Å². The van der Waals surface area contributed by atoms with Gasteiger partial charge in [-0.2, -0.15) is 0 Å². The molecule has 0 heterocycles. The summed E-state index contributed by atoms with van der Waals surface area (Å²) in [5, 5.41) is 10.9. The van der Waals surface area contributed by atoms with Crippen LogP contribution in [-0.4, -0.2) is 22.9 Å². The lowest BCUT2D eigenvalue weighted by atomic mass is 9.73. The molecule has 3 aliphatic carbocycles. The van der Waals surface area contributed by atoms with Crippen LogP contribution < -0.4 is 0 Å². The number of rotatable bonds is 2. The predicted octanol–water partition coefficient (Wildman–Crippen LogP) is 3.62. The molecule has 1 N–H and O–H groups in total. The topological polar surface area (TPSA) is 29.5 Å². The van der Waals surface area contributed by atoms with Crippen molar-refractivity contribution in [2.45, 2.75) is 71.5 Å². The second-order valence-corrected chi connectivity index (χ2v) is 8.27. The Labute approximate surface area is 117 Å². The maximum atomic E-state index is 10.9. The Morgan fingerprint density at radius 2 is 1.63 bits per heavy atom. The summed E-state index contributed by atoms with van der Waals surface area (Å²) in [6.45, 7) is 12.1. The van der Waals surface area contributed by atoms with Crippen LogP contribution in [0, 0.1) is 29.1 Å². The molecular weight excluding hydrogens is 236 g/mol. The molecule has 0 saturated heterocycles. The Balaban J connectivity index is 1.96. The molecule has 3 rings (SSSR count). The Bertz CT molecular complexity index is 373. The first-order valence-electron chi connectivity index (χ1n) is 8.10. The van der Waals surface area contributed by atoms with Crippen molar-refractivity contribution in [2.75, 3.05) is 6.61 Å². The average Bonchev–Trinajstić information content (AvgIpc) is 2.69. The average molecular weight is 266 g/mol. The van der Waals surface area contributed by atoms with Crippen LogP contribution in [0.5, 0.6) is 0 Å². The highest BCUT2D eigenvalue weighted by molar-refractivity contribution is 5.18. The molecule has 3 saturated carbocycles. The fourth-order valence-electron chi connectivity index (χ4n) is 5.72. The van der Waals surface area contributed by atoms with Crippen LogP contribution in [0.15, 0.2) is 0 Å². The fraction of sp³-hybridized carbons (Fsp3) is 1.00. The highest BCUT2D eigenvalue weighted by Gasteiger charge is 2.70. The monoisotopic (exact) mass is 266 g/mol. The molecule has 0 aromatic rings. The zero-order valence-corrected chi connectivity index (χ0v) is 13.2. The molecule has 0 aliphatic heterocycles. The number of aliphatic hydroxyl groups is 1. The molecule has 0 radical (unpaired) electrons. The fourth-order valence-corrected chi connectivity index (χ4v) is 5.72. The molecule has 0 amide bonds. The summed E-state index contributed by atoms with van der Waals surface area (Å²) in [4.78, 5) is 0. The first-order valence-corrected chi connectivity index (χ1v) is 8.10. The summed E-state index contributed by atoms with van der Waals surface area (Å²) >= 11 is 0. The third-order valence-electron chi connectivity index (χ3n) is 6.85. The molecule has 0 aromatic heterocycles. The van der Waals surface area contributed by atoms with E-state index in [2.05, 4.69) is 34.6 Å². The zero-order chi connectivity index (χ0) is 14.1. The van der Waals surface area contributed by atoms with Crippen molar-refractivity contribution in [3.8, 4) is 0 Å². The molecule has 3 aliphatic rings. The van der Waals surface area contributed by atoms with Gasteiger partial charge in [0, 0.05) is 6.61 Å². The van der Waals surface area contributed by atoms with Gasteiger partial charge in [-0.05, 0) is 75.5 Å². The van der Waals surface area contributed by atoms with Crippen molar-refractivity contribution >= 4 is 0 Å². The van der Waals surface area contributed by atoms with E-state index < -0.39 is 5.60 Å². The van der Waals surface area contributed by atoms with Gasteiger partial charge in [0.15, 0.2) is 0 Å². The van der Waals surface area contributed by atoms with E-state index in [4.69, 9.17) is 4.74 Å². The first kappa shape index (κ1) is 13.9. The molecule has 6 atom stereocenters. The number of ether oxygens (including phenoxy) is 1. The molecule has 2 nitrogen and oxygen atoms in total. The van der Waals surface area contributed by atoms with Crippen molar-refractivity contribution in [1.29, 1.82) is 0 Å². The maximum absolute atomic E-state index is 10.9. The van der Waals surface area contributed by atoms with Gasteiger partial charge in [0.05, 0.1) is 11.2 Å². The maximum Gasteiger partial charge on any atom is 0.0689 e. The zero-order valence-electron chi connectivity index (χ0n) is 13.2. The molecule has 0 bridgehead atoms. The van der Waals surface area contributed by atoms with Crippen LogP contribution in [0.1, 0.15) is 60.3 Å². The Morgan fingerprint density at radius 1 is 1.00 bits per heavy atom. The van der Waals surface area contributed by atoms with E-state index in [1.807, 2.05) is 0 Å². The molecule has 0 aromatic carbocycles. The molecule has 19 heavy (non-hydrogen) atoms. The molecule has 3 fully saturated rings. The van der Waals surface area contributed by atoms with E-state index in [-0.39, 0.29) is 5.60 Å². The van der Waals surface area contributed by atoms with Gasteiger partial charge in [-0.3, -0.25) is 0 Å². The smallest absolute Gasteiger partial charge is 0.0689 e. The first-order chi connectivity index (χ1) is 8.74. The van der Waals surface area contributed by atoms with Crippen molar-refractivity contribution in [1.82, 2.24) is 0 Å². The van der Waals surface area contributed by atoms with Crippen LogP contribution in [0.2, 0.25) is 0 Å². The molecule has 0 unspecified atom stereocenters. The van der Waals surface area contributed by atoms with Gasteiger partial charge < -0.3 is 9.84 Å². The lowest BCUT2D eigenvalue weighted by molar-refractivity contribution is -0.0973. The van der Waals surface area contributed by atoms with Gasteiger partial charge in [0.2, 0.25) is 0 Å². The number of hydrogen-bond donors (Lipinski definition) is 1. The van der Waals surface area contributed by atoms with Crippen LogP contribution in [0.3, 0.4) is 0 Å². The number of fused-ring (bicyclic) bond motifs is 3. The quantitative estimate of drug-likeness (QED) is 0.827. The largest absolute Gasteiger partial charge is 0.390 e. The van der Waals surface area contributed by atoms with Crippen molar-refractivity contribution in [3.05, 3.63) is 0 Å². The van der Waals surface area contributed by atoms with Gasteiger partial charge in [0.1, 0.15) is 0 Å². The highest BCUT2D eigenvalue weighted by atomic mass is 16.5. The standard InChI is InChI=1S/C17H30O2/c1-6-19-17(5)10-8-12-14(17)13-11(15(13,2)3)7-9-16(12,4)18/h11-14,18H,6-10H2,1-5H3/t11-,12-,13-,14-,16-,17+/m0/s1. The highest BCUT2D eigenvalue weighted by Crippen LogP contribution is 2.72. The van der Waals surface area contributed by atoms with E-state index in [0.29, 0.717) is 17.3 Å². The van der Waals surface area contributed by atoms with Crippen molar-refractivity contribution in [2.24, 2.45) is 29.1 Å². The minimum Gasteiger partial charge on any atom is -0.390 e. The third kappa shape index (κ3) is 1.82. The summed E-state index contributed by atoms with van der Waals surface area (Å²) < 4.78 is 6.19. The normalized spacial score (nSPS) is 55.3. The summed E-state index contributed by atoms with van der Waals surface area (Å²) in [6, 6.07) is 0. The second-order valence-electron chi connectivity index (χ2n) is 8.27. The molecule has 0 spiro atoms. The van der Waals surface area contributed by atoms with Crippen LogP contribution >= 0.6 is 0 Å². The molecule has 2 heteroatoms.